The molecule has 0 saturated carbocycles. The molecule has 0 N–H and O–H groups in total. The van der Waals surface area contributed by atoms with E-state index in [1.807, 2.05) is 36.7 Å². The molecule has 4 heteroatoms. The van der Waals surface area contributed by atoms with Crippen LogP contribution in [0.3, 0.4) is 0 Å². The van der Waals surface area contributed by atoms with Crippen molar-refractivity contribution in [3.8, 4) is 0 Å². The van der Waals surface area contributed by atoms with Gasteiger partial charge in [-0.15, -0.1) is 0 Å². The largest absolute Gasteiger partial charge is 0.290 e. The van der Waals surface area contributed by atoms with E-state index in [9.17, 15) is 4.39 Å². The zero-order valence-electron chi connectivity index (χ0n) is 14.7. The molecule has 3 aromatic rings. The lowest BCUT2D eigenvalue weighted by atomic mass is 10.1. The highest BCUT2D eigenvalue weighted by atomic mass is 19.1. The first-order valence-electron chi connectivity index (χ1n) is 9.11. The number of nitrogens with zero attached hydrogens (tertiary/aromatic N) is 3. The molecule has 1 aliphatic rings. The molecule has 1 saturated heterocycles. The van der Waals surface area contributed by atoms with Crippen LogP contribution in [0.1, 0.15) is 41.4 Å². The summed E-state index contributed by atoms with van der Waals surface area (Å²) in [6.45, 7) is 1.99. The lowest BCUT2D eigenvalue weighted by Crippen LogP contribution is -2.23. The molecular weight excluding hydrogens is 325 g/mol. The molecule has 0 amide bonds. The summed E-state index contributed by atoms with van der Waals surface area (Å²) < 4.78 is 13.1. The number of hydrogen-bond acceptors (Lipinski definition) is 3. The van der Waals surface area contributed by atoms with Crippen LogP contribution in [0.2, 0.25) is 0 Å². The third-order valence-corrected chi connectivity index (χ3v) is 4.94. The van der Waals surface area contributed by atoms with E-state index in [4.69, 9.17) is 4.98 Å². The highest BCUT2D eigenvalue weighted by molar-refractivity contribution is 5.24. The SMILES string of the molecule is Fc1ccc(Cc2cccc(C3CCCN3Cc3cccnc3)n2)cc1. The minimum absolute atomic E-state index is 0.201. The van der Waals surface area contributed by atoms with E-state index in [-0.39, 0.29) is 5.82 Å². The Balaban J connectivity index is 1.50. The van der Waals surface area contributed by atoms with Crippen LogP contribution in [-0.2, 0) is 13.0 Å². The molecule has 1 fully saturated rings. The Hall–Kier alpha value is -2.59. The van der Waals surface area contributed by atoms with E-state index < -0.39 is 0 Å². The van der Waals surface area contributed by atoms with Crippen LogP contribution in [-0.4, -0.2) is 21.4 Å². The average molecular weight is 347 g/mol. The minimum atomic E-state index is -0.201. The van der Waals surface area contributed by atoms with E-state index in [0.29, 0.717) is 6.04 Å². The van der Waals surface area contributed by atoms with Crippen molar-refractivity contribution in [2.24, 2.45) is 0 Å². The van der Waals surface area contributed by atoms with Crippen LogP contribution in [0.5, 0.6) is 0 Å². The Morgan fingerprint density at radius 2 is 1.88 bits per heavy atom. The standard InChI is InChI=1S/C22H22FN3/c23-19-10-8-17(9-11-19)14-20-5-1-6-21(25-20)22-7-3-13-26(22)16-18-4-2-12-24-15-18/h1-2,4-6,8-12,15,22H,3,7,13-14,16H2. The first-order valence-corrected chi connectivity index (χ1v) is 9.11. The third-order valence-electron chi connectivity index (χ3n) is 4.94. The number of likely N-dealkylation sites (tertiary alicyclic amines) is 1. The van der Waals surface area contributed by atoms with Gasteiger partial charge >= 0.3 is 0 Å². The number of halogens is 1. The topological polar surface area (TPSA) is 29.0 Å². The molecule has 1 atom stereocenters. The van der Waals surface area contributed by atoms with E-state index in [1.54, 1.807) is 0 Å². The summed E-state index contributed by atoms with van der Waals surface area (Å²) >= 11 is 0. The maximum Gasteiger partial charge on any atom is 0.123 e. The molecule has 0 spiro atoms. The van der Waals surface area contributed by atoms with E-state index in [0.717, 1.165) is 42.9 Å². The Morgan fingerprint density at radius 1 is 1.00 bits per heavy atom. The summed E-state index contributed by atoms with van der Waals surface area (Å²) in [5.74, 6) is -0.201. The molecule has 0 aliphatic carbocycles. The van der Waals surface area contributed by atoms with Gasteiger partial charge in [-0.2, -0.15) is 0 Å². The van der Waals surface area contributed by atoms with Gasteiger partial charge in [-0.25, -0.2) is 4.39 Å². The zero-order valence-corrected chi connectivity index (χ0v) is 14.7. The number of rotatable bonds is 5. The van der Waals surface area contributed by atoms with Gasteiger partial charge in [0.1, 0.15) is 5.82 Å². The fourth-order valence-electron chi connectivity index (χ4n) is 3.67. The molecule has 2 aromatic heterocycles. The first-order chi connectivity index (χ1) is 12.8. The highest BCUT2D eigenvalue weighted by Crippen LogP contribution is 2.32. The number of aromatic nitrogens is 2. The molecule has 1 unspecified atom stereocenters. The predicted octanol–water partition coefficient (Wildman–Crippen LogP) is 4.54. The van der Waals surface area contributed by atoms with Crippen LogP contribution in [0, 0.1) is 5.82 Å². The van der Waals surface area contributed by atoms with Gasteiger partial charge in [0.2, 0.25) is 0 Å². The monoisotopic (exact) mass is 347 g/mol. The summed E-state index contributed by atoms with van der Waals surface area (Å²) in [6, 6.07) is 17.4. The molecule has 1 aromatic carbocycles. The number of hydrogen-bond donors (Lipinski definition) is 0. The average Bonchev–Trinajstić information content (AvgIpc) is 3.13. The van der Waals surface area contributed by atoms with Crippen molar-refractivity contribution in [1.82, 2.24) is 14.9 Å². The molecule has 3 heterocycles. The molecule has 1 aliphatic heterocycles. The van der Waals surface area contributed by atoms with Crippen molar-refractivity contribution >= 4 is 0 Å². The molecule has 0 bridgehead atoms. The fraction of sp³-hybridized carbons (Fsp3) is 0.273. The highest BCUT2D eigenvalue weighted by Gasteiger charge is 2.27. The summed E-state index contributed by atoms with van der Waals surface area (Å²) in [4.78, 5) is 11.6. The van der Waals surface area contributed by atoms with Crippen molar-refractivity contribution in [1.29, 1.82) is 0 Å². The molecule has 132 valence electrons. The lowest BCUT2D eigenvalue weighted by Gasteiger charge is -2.24. The van der Waals surface area contributed by atoms with Crippen LogP contribution < -0.4 is 0 Å². The van der Waals surface area contributed by atoms with Crippen molar-refractivity contribution in [3.05, 3.63) is 95.3 Å². The Labute approximate surface area is 153 Å². The van der Waals surface area contributed by atoms with Gasteiger partial charge in [0.25, 0.3) is 0 Å². The zero-order chi connectivity index (χ0) is 17.8. The normalized spacial score (nSPS) is 17.5. The summed E-state index contributed by atoms with van der Waals surface area (Å²) in [5.41, 5.74) is 4.48. The minimum Gasteiger partial charge on any atom is -0.290 e. The second-order valence-corrected chi connectivity index (χ2v) is 6.85. The molecule has 3 nitrogen and oxygen atoms in total. The van der Waals surface area contributed by atoms with Gasteiger partial charge in [-0.3, -0.25) is 14.9 Å². The van der Waals surface area contributed by atoms with Gasteiger partial charge < -0.3 is 0 Å². The van der Waals surface area contributed by atoms with Crippen LogP contribution in [0.15, 0.2) is 67.0 Å². The maximum absolute atomic E-state index is 13.1. The van der Waals surface area contributed by atoms with Crippen LogP contribution >= 0.6 is 0 Å². The second kappa shape index (κ2) is 7.75. The first kappa shape index (κ1) is 16.9. The Morgan fingerprint density at radius 3 is 2.69 bits per heavy atom. The lowest BCUT2D eigenvalue weighted by molar-refractivity contribution is 0.244. The fourth-order valence-corrected chi connectivity index (χ4v) is 3.67. The molecule has 4 rings (SSSR count). The molecule has 0 radical (unpaired) electrons. The van der Waals surface area contributed by atoms with Gasteiger partial charge in [0.05, 0.1) is 11.7 Å². The number of pyridine rings is 2. The van der Waals surface area contributed by atoms with Crippen LogP contribution in [0.4, 0.5) is 4.39 Å². The quantitative estimate of drug-likeness (QED) is 0.678. The van der Waals surface area contributed by atoms with Crippen molar-refractivity contribution < 1.29 is 4.39 Å². The Kier molecular flexibility index (Phi) is 5.02. The van der Waals surface area contributed by atoms with Gasteiger partial charge in [-0.05, 0) is 60.8 Å². The smallest absolute Gasteiger partial charge is 0.123 e. The van der Waals surface area contributed by atoms with E-state index in [2.05, 4.69) is 28.1 Å². The van der Waals surface area contributed by atoms with Gasteiger partial charge in [-0.1, -0.05) is 24.3 Å². The maximum atomic E-state index is 13.1. The summed E-state index contributed by atoms with van der Waals surface area (Å²) in [5, 5.41) is 0. The predicted molar refractivity (Wildman–Crippen MR) is 100 cm³/mol. The van der Waals surface area contributed by atoms with E-state index in [1.165, 1.54) is 24.1 Å². The van der Waals surface area contributed by atoms with Crippen molar-refractivity contribution in [2.75, 3.05) is 6.54 Å². The molecule has 26 heavy (non-hydrogen) atoms. The van der Waals surface area contributed by atoms with Gasteiger partial charge in [0.15, 0.2) is 0 Å². The number of benzene rings is 1. The van der Waals surface area contributed by atoms with Crippen molar-refractivity contribution in [2.45, 2.75) is 31.8 Å². The summed E-state index contributed by atoms with van der Waals surface area (Å²) in [7, 11) is 0. The van der Waals surface area contributed by atoms with E-state index >= 15 is 0 Å². The Bertz CT molecular complexity index is 849. The summed E-state index contributed by atoms with van der Waals surface area (Å²) in [6.07, 6.45) is 6.80. The second-order valence-electron chi connectivity index (χ2n) is 6.85. The van der Waals surface area contributed by atoms with Crippen molar-refractivity contribution in [3.63, 3.8) is 0 Å². The third kappa shape index (κ3) is 3.97. The van der Waals surface area contributed by atoms with Gasteiger partial charge in [0, 0.05) is 31.1 Å². The van der Waals surface area contributed by atoms with Crippen LogP contribution in [0.25, 0.3) is 0 Å². The molecular formula is C22H22FN3.